The summed E-state index contributed by atoms with van der Waals surface area (Å²) in [5.74, 6) is 2.78. The molecule has 0 amide bonds. The highest BCUT2D eigenvalue weighted by Gasteiger charge is 2.22. The highest BCUT2D eigenvalue weighted by Crippen LogP contribution is 2.39. The average Bonchev–Trinajstić information content (AvgIpc) is 2.85. The van der Waals surface area contributed by atoms with Crippen molar-refractivity contribution in [3.05, 3.63) is 41.5 Å². The van der Waals surface area contributed by atoms with E-state index in [9.17, 15) is 0 Å². The molecule has 32 heavy (non-hydrogen) atoms. The third-order valence-corrected chi connectivity index (χ3v) is 8.55. The average molecular weight is 437 g/mol. The predicted molar refractivity (Wildman–Crippen MR) is 143 cm³/mol. The van der Waals surface area contributed by atoms with Gasteiger partial charge < -0.3 is 0 Å². The number of allylic oxidation sites excluding steroid dienone is 2. The number of hydrogen-bond acceptors (Lipinski definition) is 0. The van der Waals surface area contributed by atoms with Crippen LogP contribution in [0.1, 0.15) is 153 Å². The lowest BCUT2D eigenvalue weighted by Gasteiger charge is -2.29. The predicted octanol–water partition coefficient (Wildman–Crippen LogP) is 10.9. The summed E-state index contributed by atoms with van der Waals surface area (Å²) in [5.41, 5.74) is 4.72. The molecule has 2 aliphatic rings. The number of unbranched alkanes of at least 4 members (excludes halogenated alkanes) is 8. The van der Waals surface area contributed by atoms with Crippen LogP contribution in [0.25, 0.3) is 5.57 Å². The topological polar surface area (TPSA) is 0 Å². The second-order valence-electron chi connectivity index (χ2n) is 11.1. The Kier molecular flexibility index (Phi) is 12.0. The van der Waals surface area contributed by atoms with E-state index in [1.54, 1.807) is 11.1 Å². The molecule has 1 atom stereocenters. The third-order valence-electron chi connectivity index (χ3n) is 8.55. The maximum atomic E-state index is 2.58. The fourth-order valence-corrected chi connectivity index (χ4v) is 6.24. The minimum absolute atomic E-state index is 0.818. The van der Waals surface area contributed by atoms with E-state index >= 15 is 0 Å². The summed E-state index contributed by atoms with van der Waals surface area (Å²) >= 11 is 0. The fraction of sp³-hybridized carbons (Fsp3) is 0.750. The second-order valence-corrected chi connectivity index (χ2v) is 11.1. The van der Waals surface area contributed by atoms with E-state index in [1.807, 2.05) is 0 Å². The zero-order valence-electron chi connectivity index (χ0n) is 21.6. The number of hydrogen-bond donors (Lipinski definition) is 0. The minimum atomic E-state index is 0.818. The molecule has 0 aromatic heterocycles. The molecule has 0 aliphatic heterocycles. The van der Waals surface area contributed by atoms with Gasteiger partial charge in [0.25, 0.3) is 0 Å². The van der Waals surface area contributed by atoms with E-state index < -0.39 is 0 Å². The van der Waals surface area contributed by atoms with Gasteiger partial charge in [0.2, 0.25) is 0 Å². The Morgan fingerprint density at radius 1 is 0.625 bits per heavy atom. The zero-order chi connectivity index (χ0) is 22.4. The Bertz CT molecular complexity index is 629. The molecule has 2 aliphatic carbocycles. The van der Waals surface area contributed by atoms with Crippen molar-refractivity contribution in [1.82, 2.24) is 0 Å². The Morgan fingerprint density at radius 3 is 1.88 bits per heavy atom. The Labute approximate surface area is 200 Å². The van der Waals surface area contributed by atoms with Crippen LogP contribution in [0.2, 0.25) is 0 Å². The van der Waals surface area contributed by atoms with Crippen molar-refractivity contribution in [2.45, 2.75) is 142 Å². The van der Waals surface area contributed by atoms with Gasteiger partial charge in [0.15, 0.2) is 0 Å². The lowest BCUT2D eigenvalue weighted by Crippen LogP contribution is -2.13. The third kappa shape index (κ3) is 8.72. The first-order valence-corrected chi connectivity index (χ1v) is 14.6. The summed E-state index contributed by atoms with van der Waals surface area (Å²) < 4.78 is 0. The summed E-state index contributed by atoms with van der Waals surface area (Å²) in [6.45, 7) is 4.62. The molecule has 1 aromatic carbocycles. The minimum Gasteiger partial charge on any atom is -0.0804 e. The van der Waals surface area contributed by atoms with Crippen LogP contribution >= 0.6 is 0 Å². The van der Waals surface area contributed by atoms with Crippen molar-refractivity contribution < 1.29 is 0 Å². The van der Waals surface area contributed by atoms with E-state index in [-0.39, 0.29) is 0 Å². The molecule has 180 valence electrons. The molecular weight excluding hydrogens is 384 g/mol. The quantitative estimate of drug-likeness (QED) is 0.254. The Balaban J connectivity index is 1.35. The first kappa shape index (κ1) is 25.6. The molecule has 1 fully saturated rings. The lowest BCUT2D eigenvalue weighted by molar-refractivity contribution is 0.303. The van der Waals surface area contributed by atoms with Crippen LogP contribution in [0, 0.1) is 11.8 Å². The molecule has 0 radical (unpaired) electrons. The molecule has 0 spiro atoms. The maximum absolute atomic E-state index is 2.58. The summed E-state index contributed by atoms with van der Waals surface area (Å²) in [7, 11) is 0. The van der Waals surface area contributed by atoms with Gasteiger partial charge in [-0.1, -0.05) is 121 Å². The Hall–Kier alpha value is -1.04. The van der Waals surface area contributed by atoms with E-state index in [0.29, 0.717) is 0 Å². The molecule has 0 bridgehead atoms. The van der Waals surface area contributed by atoms with Crippen LogP contribution < -0.4 is 0 Å². The van der Waals surface area contributed by atoms with Crippen molar-refractivity contribution in [3.8, 4) is 0 Å². The summed E-state index contributed by atoms with van der Waals surface area (Å²) in [6.07, 6.45) is 29.6. The monoisotopic (exact) mass is 436 g/mol. The molecule has 1 unspecified atom stereocenters. The van der Waals surface area contributed by atoms with Crippen LogP contribution in [0.15, 0.2) is 30.3 Å². The lowest BCUT2D eigenvalue weighted by atomic mass is 9.76. The van der Waals surface area contributed by atoms with Crippen LogP contribution in [0.4, 0.5) is 0 Å². The van der Waals surface area contributed by atoms with Crippen LogP contribution in [0.3, 0.4) is 0 Å². The van der Waals surface area contributed by atoms with Gasteiger partial charge in [-0.25, -0.2) is 0 Å². The van der Waals surface area contributed by atoms with Crippen molar-refractivity contribution in [1.29, 1.82) is 0 Å². The van der Waals surface area contributed by atoms with Gasteiger partial charge in [-0.05, 0) is 79.4 Å². The van der Waals surface area contributed by atoms with E-state index in [0.717, 1.165) is 17.8 Å². The molecular formula is C32H52. The summed E-state index contributed by atoms with van der Waals surface area (Å²) in [6, 6.07) is 9.79. The molecule has 0 heteroatoms. The molecule has 1 aromatic rings. The number of rotatable bonds is 14. The van der Waals surface area contributed by atoms with E-state index in [2.05, 4.69) is 44.2 Å². The van der Waals surface area contributed by atoms with Crippen molar-refractivity contribution in [2.75, 3.05) is 0 Å². The van der Waals surface area contributed by atoms with Gasteiger partial charge in [-0.3, -0.25) is 0 Å². The smallest absolute Gasteiger partial charge is 0.0162 e. The van der Waals surface area contributed by atoms with Gasteiger partial charge in [0, 0.05) is 0 Å². The molecule has 0 N–H and O–H groups in total. The summed E-state index contributed by atoms with van der Waals surface area (Å²) in [5, 5.41) is 0. The normalized spacial score (nSPS) is 23.8. The van der Waals surface area contributed by atoms with Crippen LogP contribution in [-0.4, -0.2) is 0 Å². The van der Waals surface area contributed by atoms with Crippen molar-refractivity contribution in [3.63, 3.8) is 0 Å². The van der Waals surface area contributed by atoms with Crippen LogP contribution in [-0.2, 0) is 0 Å². The van der Waals surface area contributed by atoms with Gasteiger partial charge in [0.1, 0.15) is 0 Å². The fourth-order valence-electron chi connectivity index (χ4n) is 6.24. The Morgan fingerprint density at radius 2 is 1.22 bits per heavy atom. The maximum Gasteiger partial charge on any atom is -0.0162 e. The van der Waals surface area contributed by atoms with Gasteiger partial charge >= 0.3 is 0 Å². The van der Waals surface area contributed by atoms with Crippen molar-refractivity contribution in [2.24, 2.45) is 11.8 Å². The molecule has 3 rings (SSSR count). The number of benzene rings is 1. The van der Waals surface area contributed by atoms with Crippen molar-refractivity contribution >= 4 is 5.57 Å². The first-order chi connectivity index (χ1) is 15.8. The zero-order valence-corrected chi connectivity index (χ0v) is 21.6. The highest BCUT2D eigenvalue weighted by molar-refractivity contribution is 5.66. The van der Waals surface area contributed by atoms with E-state index in [1.165, 1.54) is 128 Å². The van der Waals surface area contributed by atoms with E-state index in [4.69, 9.17) is 0 Å². The van der Waals surface area contributed by atoms with Gasteiger partial charge in [-0.15, -0.1) is 0 Å². The highest BCUT2D eigenvalue weighted by atomic mass is 14.3. The standard InChI is InChI=1S/C32H52/c1-3-5-7-8-9-10-12-14-28-17-21-30(22-18-28)32-25-23-31(24-26-32)29-19-15-27(16-20-29)13-11-6-4-2/h21,23-29H,3-20,22H2,1-2H3/t27-,28?,29-. The second kappa shape index (κ2) is 15.0. The SMILES string of the molecule is CCCCCCCCCC1CC=C(c2ccc([C@H]3CC[C@H](CCCCC)CC3)cc2)CC1. The largest absolute Gasteiger partial charge is 0.0804 e. The molecule has 0 heterocycles. The molecule has 0 nitrogen and oxygen atoms in total. The van der Waals surface area contributed by atoms with Gasteiger partial charge in [0.05, 0.1) is 0 Å². The summed E-state index contributed by atoms with van der Waals surface area (Å²) in [4.78, 5) is 0. The van der Waals surface area contributed by atoms with Gasteiger partial charge in [-0.2, -0.15) is 0 Å². The van der Waals surface area contributed by atoms with Crippen LogP contribution in [0.5, 0.6) is 0 Å². The first-order valence-electron chi connectivity index (χ1n) is 14.6. The molecule has 1 saturated carbocycles. The molecule has 0 saturated heterocycles.